The summed E-state index contributed by atoms with van der Waals surface area (Å²) in [6.07, 6.45) is 1.58. The molecule has 0 aromatic carbocycles. The average molecular weight is 240 g/mol. The van der Waals surface area contributed by atoms with Crippen LogP contribution in [-0.4, -0.2) is 22.8 Å². The maximum atomic E-state index is 12.0. The summed E-state index contributed by atoms with van der Waals surface area (Å²) in [5.41, 5.74) is 4.72. The zero-order valence-corrected chi connectivity index (χ0v) is 10.5. The molecule has 0 saturated carbocycles. The van der Waals surface area contributed by atoms with Crippen molar-refractivity contribution in [2.75, 3.05) is 7.05 Å². The Bertz CT molecular complexity index is 385. The molecule has 0 bridgehead atoms. The van der Waals surface area contributed by atoms with Crippen LogP contribution in [0.5, 0.6) is 0 Å². The molecule has 1 amide bonds. The Morgan fingerprint density at radius 3 is 2.69 bits per heavy atom. The molecule has 0 spiro atoms. The molecule has 0 aliphatic rings. The topological polar surface area (TPSA) is 59.5 Å². The van der Waals surface area contributed by atoms with E-state index in [1.54, 1.807) is 38.1 Å². The molecule has 0 fully saturated rings. The van der Waals surface area contributed by atoms with E-state index < -0.39 is 5.41 Å². The van der Waals surface area contributed by atoms with Gasteiger partial charge in [-0.1, -0.05) is 12.2 Å². The van der Waals surface area contributed by atoms with Crippen LogP contribution >= 0.6 is 12.2 Å². The number of carbonyl (C=O) groups excluding carboxylic acids is 1. The molecule has 1 aromatic rings. The molecular weight excluding hydrogens is 224 g/mol. The van der Waals surface area contributed by atoms with E-state index in [9.17, 15) is 4.79 Å². The largest absolute Gasteiger partial charge is 0.467 e. The third-order valence-corrected chi connectivity index (χ3v) is 2.98. The van der Waals surface area contributed by atoms with Gasteiger partial charge in [-0.25, -0.2) is 0 Å². The zero-order valence-electron chi connectivity index (χ0n) is 9.69. The van der Waals surface area contributed by atoms with Crippen molar-refractivity contribution < 1.29 is 9.21 Å². The van der Waals surface area contributed by atoms with Gasteiger partial charge < -0.3 is 15.1 Å². The first-order valence-corrected chi connectivity index (χ1v) is 5.34. The summed E-state index contributed by atoms with van der Waals surface area (Å²) < 4.78 is 5.17. The second-order valence-electron chi connectivity index (χ2n) is 4.23. The maximum Gasteiger partial charge on any atom is 0.235 e. The highest BCUT2D eigenvalue weighted by Crippen LogP contribution is 2.19. The minimum atomic E-state index is -0.823. The molecule has 16 heavy (non-hydrogen) atoms. The van der Waals surface area contributed by atoms with Crippen molar-refractivity contribution in [3.63, 3.8) is 0 Å². The van der Waals surface area contributed by atoms with Crippen LogP contribution in [-0.2, 0) is 11.3 Å². The van der Waals surface area contributed by atoms with E-state index in [1.807, 2.05) is 6.07 Å². The first-order chi connectivity index (χ1) is 7.35. The standard InChI is InChI=1S/C11H16N2O2S/c1-11(2,9(12)16)10(14)13(3)7-8-5-4-6-15-8/h4-6H,7H2,1-3H3,(H2,12,16). The van der Waals surface area contributed by atoms with Gasteiger partial charge in [-0.3, -0.25) is 4.79 Å². The molecule has 0 aliphatic heterocycles. The minimum Gasteiger partial charge on any atom is -0.467 e. The lowest BCUT2D eigenvalue weighted by Crippen LogP contribution is -2.45. The van der Waals surface area contributed by atoms with Crippen LogP contribution in [0.3, 0.4) is 0 Å². The number of carbonyl (C=O) groups is 1. The summed E-state index contributed by atoms with van der Waals surface area (Å²) in [7, 11) is 1.70. The second kappa shape index (κ2) is 4.65. The Hall–Kier alpha value is -1.36. The van der Waals surface area contributed by atoms with E-state index in [4.69, 9.17) is 22.4 Å². The first kappa shape index (κ1) is 12.7. The lowest BCUT2D eigenvalue weighted by molar-refractivity contribution is -0.136. The van der Waals surface area contributed by atoms with Crippen molar-refractivity contribution in [2.45, 2.75) is 20.4 Å². The fourth-order valence-corrected chi connectivity index (χ4v) is 1.38. The number of thiocarbonyl (C=S) groups is 1. The van der Waals surface area contributed by atoms with Crippen LogP contribution in [0.1, 0.15) is 19.6 Å². The molecule has 88 valence electrons. The van der Waals surface area contributed by atoms with E-state index in [0.717, 1.165) is 5.76 Å². The highest BCUT2D eigenvalue weighted by atomic mass is 32.1. The van der Waals surface area contributed by atoms with Crippen LogP contribution in [0.2, 0.25) is 0 Å². The van der Waals surface area contributed by atoms with Crippen LogP contribution in [0.4, 0.5) is 0 Å². The highest BCUT2D eigenvalue weighted by molar-refractivity contribution is 7.80. The Balaban J connectivity index is 2.71. The summed E-state index contributed by atoms with van der Waals surface area (Å²) in [5, 5.41) is 0. The number of furan rings is 1. The molecule has 0 radical (unpaired) electrons. The average Bonchev–Trinajstić information content (AvgIpc) is 2.68. The van der Waals surface area contributed by atoms with Crippen LogP contribution in [0.25, 0.3) is 0 Å². The molecule has 0 aliphatic carbocycles. The highest BCUT2D eigenvalue weighted by Gasteiger charge is 2.33. The fraction of sp³-hybridized carbons (Fsp3) is 0.455. The molecule has 0 atom stereocenters. The van der Waals surface area contributed by atoms with Gasteiger partial charge in [0.2, 0.25) is 5.91 Å². The summed E-state index contributed by atoms with van der Waals surface area (Å²) in [6, 6.07) is 3.60. The molecular formula is C11H16N2O2S. The van der Waals surface area contributed by atoms with Crippen molar-refractivity contribution in [3.8, 4) is 0 Å². The minimum absolute atomic E-state index is 0.114. The quantitative estimate of drug-likeness (QED) is 0.811. The molecule has 1 aromatic heterocycles. The van der Waals surface area contributed by atoms with Crippen molar-refractivity contribution in [3.05, 3.63) is 24.2 Å². The van der Waals surface area contributed by atoms with Gasteiger partial charge in [0.15, 0.2) is 0 Å². The number of nitrogens with zero attached hydrogens (tertiary/aromatic N) is 1. The molecule has 0 saturated heterocycles. The number of nitrogens with two attached hydrogens (primary N) is 1. The molecule has 2 N–H and O–H groups in total. The summed E-state index contributed by atoms with van der Waals surface area (Å²) in [5.74, 6) is 0.617. The molecule has 1 heterocycles. The van der Waals surface area contributed by atoms with E-state index in [0.29, 0.717) is 6.54 Å². The Morgan fingerprint density at radius 2 is 2.25 bits per heavy atom. The van der Waals surface area contributed by atoms with E-state index in [-0.39, 0.29) is 10.9 Å². The normalized spacial score (nSPS) is 11.2. The lowest BCUT2D eigenvalue weighted by Gasteiger charge is -2.27. The van der Waals surface area contributed by atoms with Crippen molar-refractivity contribution in [1.82, 2.24) is 4.90 Å². The van der Waals surface area contributed by atoms with E-state index in [2.05, 4.69) is 0 Å². The van der Waals surface area contributed by atoms with Gasteiger partial charge in [-0.2, -0.15) is 0 Å². The van der Waals surface area contributed by atoms with Gasteiger partial charge in [0.1, 0.15) is 5.76 Å². The Labute approximate surface area is 100 Å². The summed E-state index contributed by atoms with van der Waals surface area (Å²) >= 11 is 4.88. The fourth-order valence-electron chi connectivity index (χ4n) is 1.29. The van der Waals surface area contributed by atoms with Crippen LogP contribution < -0.4 is 5.73 Å². The smallest absolute Gasteiger partial charge is 0.235 e. The number of hydrogen-bond acceptors (Lipinski definition) is 3. The van der Waals surface area contributed by atoms with E-state index in [1.165, 1.54) is 0 Å². The van der Waals surface area contributed by atoms with Crippen molar-refractivity contribution in [2.24, 2.45) is 11.1 Å². The number of rotatable bonds is 4. The van der Waals surface area contributed by atoms with Gasteiger partial charge in [-0.05, 0) is 26.0 Å². The SMILES string of the molecule is CN(Cc1ccco1)C(=O)C(C)(C)C(N)=S. The van der Waals surface area contributed by atoms with Crippen molar-refractivity contribution >= 4 is 23.1 Å². The van der Waals surface area contributed by atoms with Gasteiger partial charge in [-0.15, -0.1) is 0 Å². The third kappa shape index (κ3) is 2.61. The van der Waals surface area contributed by atoms with Crippen LogP contribution in [0, 0.1) is 5.41 Å². The molecule has 5 heteroatoms. The van der Waals surface area contributed by atoms with Gasteiger partial charge in [0.25, 0.3) is 0 Å². The van der Waals surface area contributed by atoms with Crippen molar-refractivity contribution in [1.29, 1.82) is 0 Å². The van der Waals surface area contributed by atoms with Gasteiger partial charge in [0, 0.05) is 7.05 Å². The maximum absolute atomic E-state index is 12.0. The van der Waals surface area contributed by atoms with E-state index >= 15 is 0 Å². The van der Waals surface area contributed by atoms with Crippen LogP contribution in [0.15, 0.2) is 22.8 Å². The van der Waals surface area contributed by atoms with Gasteiger partial charge in [0.05, 0.1) is 23.2 Å². The molecule has 4 nitrogen and oxygen atoms in total. The lowest BCUT2D eigenvalue weighted by atomic mass is 9.92. The monoisotopic (exact) mass is 240 g/mol. The predicted octanol–water partition coefficient (Wildman–Crippen LogP) is 1.55. The molecule has 1 rings (SSSR count). The number of amides is 1. The second-order valence-corrected chi connectivity index (χ2v) is 4.67. The number of hydrogen-bond donors (Lipinski definition) is 1. The first-order valence-electron chi connectivity index (χ1n) is 4.93. The molecule has 0 unspecified atom stereocenters. The zero-order chi connectivity index (χ0) is 12.3. The summed E-state index contributed by atoms with van der Waals surface area (Å²) in [4.78, 5) is 13.8. The summed E-state index contributed by atoms with van der Waals surface area (Å²) in [6.45, 7) is 3.85. The van der Waals surface area contributed by atoms with Gasteiger partial charge >= 0.3 is 0 Å². The predicted molar refractivity (Wildman–Crippen MR) is 65.7 cm³/mol. The Kier molecular flexibility index (Phi) is 3.70. The third-order valence-electron chi connectivity index (χ3n) is 2.47. The Morgan fingerprint density at radius 1 is 1.62 bits per heavy atom.